The second-order valence-electron chi connectivity index (χ2n) is 4.04. The lowest BCUT2D eigenvalue weighted by atomic mass is 10.1. The molecule has 1 saturated carbocycles. The van der Waals surface area contributed by atoms with E-state index in [0.717, 1.165) is 6.42 Å². The molecule has 0 aromatic rings. The Balaban J connectivity index is 2.24. The zero-order valence-electron chi connectivity index (χ0n) is 8.22. The Morgan fingerprint density at radius 3 is 2.46 bits per heavy atom. The molecule has 0 aliphatic heterocycles. The molecule has 1 amide bonds. The van der Waals surface area contributed by atoms with E-state index in [1.54, 1.807) is 0 Å². The minimum absolute atomic E-state index is 0.0259. The number of ether oxygens (including phenoxy) is 1. The van der Waals surface area contributed by atoms with Crippen LogP contribution in [0.15, 0.2) is 0 Å². The molecule has 13 heavy (non-hydrogen) atoms. The van der Waals surface area contributed by atoms with E-state index in [0.29, 0.717) is 0 Å². The zero-order valence-corrected chi connectivity index (χ0v) is 8.22. The van der Waals surface area contributed by atoms with Gasteiger partial charge in [0.05, 0.1) is 7.11 Å². The van der Waals surface area contributed by atoms with Crippen LogP contribution in [-0.4, -0.2) is 25.5 Å². The maximum absolute atomic E-state index is 11.3. The van der Waals surface area contributed by atoms with Gasteiger partial charge in [0.15, 0.2) is 0 Å². The van der Waals surface area contributed by atoms with Gasteiger partial charge in [-0.25, -0.2) is 0 Å². The molecule has 1 unspecified atom stereocenters. The van der Waals surface area contributed by atoms with E-state index in [1.165, 1.54) is 7.11 Å². The Hall–Kier alpha value is -1.06. The van der Waals surface area contributed by atoms with Gasteiger partial charge < -0.3 is 10.1 Å². The van der Waals surface area contributed by atoms with E-state index in [2.05, 4.69) is 10.1 Å². The highest BCUT2D eigenvalue weighted by atomic mass is 16.5. The quantitative estimate of drug-likeness (QED) is 0.644. The lowest BCUT2D eigenvalue weighted by Crippen LogP contribution is -2.32. The molecule has 1 atom stereocenters. The molecule has 4 nitrogen and oxygen atoms in total. The second-order valence-corrected chi connectivity index (χ2v) is 4.04. The topological polar surface area (TPSA) is 55.4 Å². The van der Waals surface area contributed by atoms with Gasteiger partial charge in [-0.05, 0) is 11.8 Å². The Morgan fingerprint density at radius 1 is 1.54 bits per heavy atom. The van der Waals surface area contributed by atoms with Crippen LogP contribution in [0.5, 0.6) is 0 Å². The minimum atomic E-state index is -0.410. The van der Waals surface area contributed by atoms with Crippen molar-refractivity contribution in [2.45, 2.75) is 20.3 Å². The van der Waals surface area contributed by atoms with Crippen LogP contribution in [0.3, 0.4) is 0 Å². The molecule has 0 spiro atoms. The van der Waals surface area contributed by atoms with E-state index in [4.69, 9.17) is 0 Å². The molecule has 1 rings (SSSR count). The van der Waals surface area contributed by atoms with Crippen molar-refractivity contribution in [1.82, 2.24) is 5.32 Å². The van der Waals surface area contributed by atoms with E-state index >= 15 is 0 Å². The molecule has 0 bridgehead atoms. The van der Waals surface area contributed by atoms with Gasteiger partial charge in [-0.2, -0.15) is 0 Å². The number of carbonyl (C=O) groups excluding carboxylic acids is 2. The summed E-state index contributed by atoms with van der Waals surface area (Å²) in [5, 5.41) is 2.54. The maximum Gasteiger partial charge on any atom is 0.325 e. The van der Waals surface area contributed by atoms with Crippen LogP contribution in [0.1, 0.15) is 20.3 Å². The summed E-state index contributed by atoms with van der Waals surface area (Å²) in [6.07, 6.45) is 0.903. The summed E-state index contributed by atoms with van der Waals surface area (Å²) >= 11 is 0. The van der Waals surface area contributed by atoms with Gasteiger partial charge >= 0.3 is 5.97 Å². The van der Waals surface area contributed by atoms with Crippen molar-refractivity contribution in [2.24, 2.45) is 11.3 Å². The summed E-state index contributed by atoms with van der Waals surface area (Å²) < 4.78 is 4.40. The third-order valence-corrected chi connectivity index (χ3v) is 2.46. The Labute approximate surface area is 77.6 Å². The molecular weight excluding hydrogens is 170 g/mol. The van der Waals surface area contributed by atoms with Crippen molar-refractivity contribution in [3.05, 3.63) is 0 Å². The fraction of sp³-hybridized carbons (Fsp3) is 0.778. The lowest BCUT2D eigenvalue weighted by Gasteiger charge is -2.04. The molecule has 1 aliphatic rings. The van der Waals surface area contributed by atoms with E-state index < -0.39 is 5.97 Å². The predicted molar refractivity (Wildman–Crippen MR) is 46.9 cm³/mol. The number of methoxy groups -OCH3 is 1. The predicted octanol–water partition coefficient (Wildman–Crippen LogP) is 0.322. The molecule has 4 heteroatoms. The van der Waals surface area contributed by atoms with Crippen LogP contribution in [0.4, 0.5) is 0 Å². The van der Waals surface area contributed by atoms with E-state index in [1.807, 2.05) is 13.8 Å². The van der Waals surface area contributed by atoms with Crippen LogP contribution >= 0.6 is 0 Å². The number of nitrogens with one attached hydrogen (secondary N) is 1. The van der Waals surface area contributed by atoms with Gasteiger partial charge in [-0.15, -0.1) is 0 Å². The number of esters is 1. The van der Waals surface area contributed by atoms with Gasteiger partial charge in [0.1, 0.15) is 6.54 Å². The monoisotopic (exact) mass is 185 g/mol. The summed E-state index contributed by atoms with van der Waals surface area (Å²) in [6, 6.07) is 0. The first kappa shape index (κ1) is 10.0. The second kappa shape index (κ2) is 3.36. The van der Waals surface area contributed by atoms with Crippen molar-refractivity contribution >= 4 is 11.9 Å². The van der Waals surface area contributed by atoms with Gasteiger partial charge in [-0.1, -0.05) is 13.8 Å². The molecule has 0 radical (unpaired) electrons. The van der Waals surface area contributed by atoms with Crippen LogP contribution in [0, 0.1) is 11.3 Å². The molecular formula is C9H15NO3. The molecule has 0 aromatic heterocycles. The normalized spacial score (nSPS) is 23.5. The molecule has 1 aliphatic carbocycles. The number of amides is 1. The van der Waals surface area contributed by atoms with Crippen LogP contribution in [-0.2, 0) is 14.3 Å². The molecule has 1 fully saturated rings. The van der Waals surface area contributed by atoms with E-state index in [-0.39, 0.29) is 23.8 Å². The zero-order chi connectivity index (χ0) is 10.1. The summed E-state index contributed by atoms with van der Waals surface area (Å²) in [5.41, 5.74) is 0.111. The third kappa shape index (κ3) is 2.44. The Kier molecular flexibility index (Phi) is 2.59. The highest BCUT2D eigenvalue weighted by molar-refractivity contribution is 5.85. The van der Waals surface area contributed by atoms with Gasteiger partial charge in [0.2, 0.25) is 5.91 Å². The molecule has 1 N–H and O–H groups in total. The summed E-state index contributed by atoms with van der Waals surface area (Å²) in [6.45, 7) is 4.05. The number of hydrogen-bond acceptors (Lipinski definition) is 3. The van der Waals surface area contributed by atoms with Gasteiger partial charge in [-0.3, -0.25) is 9.59 Å². The van der Waals surface area contributed by atoms with Crippen LogP contribution < -0.4 is 5.32 Å². The SMILES string of the molecule is COC(=O)CNC(=O)C1CC1(C)C. The summed E-state index contributed by atoms with van der Waals surface area (Å²) in [4.78, 5) is 22.0. The fourth-order valence-electron chi connectivity index (χ4n) is 1.27. The fourth-order valence-corrected chi connectivity index (χ4v) is 1.27. The standard InChI is InChI=1S/C9H15NO3/c1-9(2)4-6(9)8(12)10-5-7(11)13-3/h6H,4-5H2,1-3H3,(H,10,12). The Morgan fingerprint density at radius 2 is 2.08 bits per heavy atom. The molecule has 0 aromatic carbocycles. The average molecular weight is 185 g/mol. The first-order valence-electron chi connectivity index (χ1n) is 4.32. The van der Waals surface area contributed by atoms with Crippen molar-refractivity contribution in [3.8, 4) is 0 Å². The van der Waals surface area contributed by atoms with Gasteiger partial charge in [0.25, 0.3) is 0 Å². The molecule has 0 saturated heterocycles. The van der Waals surface area contributed by atoms with Crippen molar-refractivity contribution in [3.63, 3.8) is 0 Å². The minimum Gasteiger partial charge on any atom is -0.468 e. The highest BCUT2D eigenvalue weighted by Gasteiger charge is 2.50. The van der Waals surface area contributed by atoms with Crippen molar-refractivity contribution in [2.75, 3.05) is 13.7 Å². The first-order chi connectivity index (χ1) is 5.97. The summed E-state index contributed by atoms with van der Waals surface area (Å²) in [5.74, 6) is -0.389. The highest BCUT2D eigenvalue weighted by Crippen LogP contribution is 2.51. The lowest BCUT2D eigenvalue weighted by molar-refractivity contribution is -0.141. The van der Waals surface area contributed by atoms with Crippen molar-refractivity contribution < 1.29 is 14.3 Å². The number of hydrogen-bond donors (Lipinski definition) is 1. The molecule has 0 heterocycles. The summed E-state index contributed by atoms with van der Waals surface area (Å²) in [7, 11) is 1.30. The van der Waals surface area contributed by atoms with Crippen LogP contribution in [0.25, 0.3) is 0 Å². The van der Waals surface area contributed by atoms with Crippen molar-refractivity contribution in [1.29, 1.82) is 0 Å². The van der Waals surface area contributed by atoms with E-state index in [9.17, 15) is 9.59 Å². The Bertz CT molecular complexity index is 235. The average Bonchev–Trinajstić information content (AvgIpc) is 2.70. The first-order valence-corrected chi connectivity index (χ1v) is 4.32. The molecule has 74 valence electrons. The third-order valence-electron chi connectivity index (χ3n) is 2.46. The van der Waals surface area contributed by atoms with Gasteiger partial charge in [0, 0.05) is 5.92 Å². The van der Waals surface area contributed by atoms with Crippen LogP contribution in [0.2, 0.25) is 0 Å². The maximum atomic E-state index is 11.3. The number of carbonyl (C=O) groups is 2. The number of rotatable bonds is 3. The largest absolute Gasteiger partial charge is 0.468 e. The smallest absolute Gasteiger partial charge is 0.325 e.